The summed E-state index contributed by atoms with van der Waals surface area (Å²) in [7, 11) is -2.11. The van der Waals surface area contributed by atoms with Crippen molar-refractivity contribution in [3.05, 3.63) is 47.8 Å². The summed E-state index contributed by atoms with van der Waals surface area (Å²) < 4.78 is 28.1. The molecule has 2 aromatic heterocycles. The zero-order valence-electron chi connectivity index (χ0n) is 17.8. The number of rotatable bonds is 7. The van der Waals surface area contributed by atoms with Crippen LogP contribution in [0.25, 0.3) is 5.65 Å². The molecule has 0 spiro atoms. The van der Waals surface area contributed by atoms with Crippen molar-refractivity contribution in [2.24, 2.45) is 5.92 Å². The van der Waals surface area contributed by atoms with Crippen LogP contribution in [0.5, 0.6) is 0 Å². The number of carbonyl (C=O) groups is 1. The first-order chi connectivity index (χ1) is 14.2. The van der Waals surface area contributed by atoms with E-state index in [0.717, 1.165) is 6.42 Å². The van der Waals surface area contributed by atoms with Gasteiger partial charge in [0.15, 0.2) is 10.5 Å². The third kappa shape index (κ3) is 4.22. The molecule has 0 radical (unpaired) electrons. The molecule has 3 aromatic rings. The van der Waals surface area contributed by atoms with E-state index in [2.05, 4.69) is 23.9 Å². The molecule has 1 amide bonds. The number of hydrogen-bond acceptors (Lipinski definition) is 6. The molecule has 0 atom stereocenters. The maximum atomic E-state index is 13.4. The van der Waals surface area contributed by atoms with E-state index in [1.54, 1.807) is 61.5 Å². The van der Waals surface area contributed by atoms with Gasteiger partial charge < -0.3 is 4.90 Å². The summed E-state index contributed by atoms with van der Waals surface area (Å²) in [6, 6.07) is 9.85. The number of aryl methyl sites for hydroxylation is 1. The molecule has 7 nitrogen and oxygen atoms in total. The Morgan fingerprint density at radius 2 is 1.90 bits per heavy atom. The van der Waals surface area contributed by atoms with Crippen LogP contribution in [0.1, 0.15) is 36.5 Å². The third-order valence-electron chi connectivity index (χ3n) is 4.77. The minimum Gasteiger partial charge on any atom is -0.340 e. The maximum absolute atomic E-state index is 13.4. The van der Waals surface area contributed by atoms with Gasteiger partial charge in [0.1, 0.15) is 10.7 Å². The molecule has 30 heavy (non-hydrogen) atoms. The van der Waals surface area contributed by atoms with Gasteiger partial charge in [0, 0.05) is 19.3 Å². The molecular formula is C21H26N4O3S2. The maximum Gasteiger partial charge on any atom is 0.272 e. The lowest BCUT2D eigenvalue weighted by atomic mass is 10.1. The fourth-order valence-corrected chi connectivity index (χ4v) is 5.50. The van der Waals surface area contributed by atoms with E-state index in [9.17, 15) is 13.2 Å². The molecule has 0 aliphatic rings. The normalized spacial score (nSPS) is 11.9. The van der Waals surface area contributed by atoms with Crippen molar-refractivity contribution >= 4 is 33.2 Å². The van der Waals surface area contributed by atoms with Crippen LogP contribution in [0, 0.1) is 12.8 Å². The van der Waals surface area contributed by atoms with Crippen LogP contribution in [0.2, 0.25) is 0 Å². The van der Waals surface area contributed by atoms with E-state index in [1.165, 1.54) is 16.3 Å². The Morgan fingerprint density at radius 1 is 1.23 bits per heavy atom. The largest absolute Gasteiger partial charge is 0.340 e. The SMILES string of the molecule is CSc1nn2c(C(=O)N(C)CCC(C)C)cc(C)nc2c1S(=O)(=O)c1ccccc1. The number of nitrogens with zero attached hydrogens (tertiary/aromatic N) is 4. The Labute approximate surface area is 181 Å². The molecule has 0 aliphatic carbocycles. The first-order valence-electron chi connectivity index (χ1n) is 9.66. The molecule has 3 rings (SSSR count). The van der Waals surface area contributed by atoms with Gasteiger partial charge in [-0.25, -0.2) is 17.9 Å². The highest BCUT2D eigenvalue weighted by molar-refractivity contribution is 7.99. The number of carbonyl (C=O) groups excluding carboxylic acids is 1. The van der Waals surface area contributed by atoms with Crippen LogP contribution in [-0.2, 0) is 9.84 Å². The van der Waals surface area contributed by atoms with Gasteiger partial charge in [-0.1, -0.05) is 32.0 Å². The highest BCUT2D eigenvalue weighted by atomic mass is 32.2. The van der Waals surface area contributed by atoms with Crippen LogP contribution in [0.4, 0.5) is 0 Å². The Morgan fingerprint density at radius 3 is 2.50 bits per heavy atom. The molecular weight excluding hydrogens is 420 g/mol. The monoisotopic (exact) mass is 446 g/mol. The summed E-state index contributed by atoms with van der Waals surface area (Å²) in [6.45, 7) is 6.55. The molecule has 160 valence electrons. The highest BCUT2D eigenvalue weighted by Crippen LogP contribution is 2.32. The van der Waals surface area contributed by atoms with Gasteiger partial charge in [-0.3, -0.25) is 4.79 Å². The van der Waals surface area contributed by atoms with E-state index in [4.69, 9.17) is 0 Å². The second kappa shape index (κ2) is 8.77. The van der Waals surface area contributed by atoms with Crippen molar-refractivity contribution < 1.29 is 13.2 Å². The van der Waals surface area contributed by atoms with Crippen molar-refractivity contribution in [2.75, 3.05) is 19.8 Å². The van der Waals surface area contributed by atoms with Gasteiger partial charge in [0.05, 0.1) is 4.90 Å². The third-order valence-corrected chi connectivity index (χ3v) is 7.38. The van der Waals surface area contributed by atoms with Crippen LogP contribution in [0.15, 0.2) is 51.2 Å². The number of hydrogen-bond donors (Lipinski definition) is 0. The number of benzene rings is 1. The zero-order chi connectivity index (χ0) is 22.1. The van der Waals surface area contributed by atoms with Gasteiger partial charge in [0.2, 0.25) is 9.84 Å². The van der Waals surface area contributed by atoms with E-state index in [-0.39, 0.29) is 21.3 Å². The van der Waals surface area contributed by atoms with Crippen molar-refractivity contribution in [2.45, 2.75) is 42.0 Å². The van der Waals surface area contributed by atoms with Crippen molar-refractivity contribution in [1.82, 2.24) is 19.5 Å². The number of amides is 1. The summed E-state index contributed by atoms with van der Waals surface area (Å²) in [5.74, 6) is 0.250. The lowest BCUT2D eigenvalue weighted by molar-refractivity contribution is 0.0780. The Balaban J connectivity index is 2.19. The summed E-state index contributed by atoms with van der Waals surface area (Å²) in [4.78, 5) is 19.4. The van der Waals surface area contributed by atoms with Crippen molar-refractivity contribution in [1.29, 1.82) is 0 Å². The first kappa shape index (κ1) is 22.3. The Hall–Kier alpha value is -2.39. The topological polar surface area (TPSA) is 84.6 Å². The minimum atomic E-state index is -3.86. The smallest absolute Gasteiger partial charge is 0.272 e. The predicted molar refractivity (Wildman–Crippen MR) is 118 cm³/mol. The van der Waals surface area contributed by atoms with Crippen LogP contribution in [-0.4, -0.2) is 53.7 Å². The van der Waals surface area contributed by atoms with Gasteiger partial charge in [-0.15, -0.1) is 11.8 Å². The second-order valence-corrected chi connectivity index (χ2v) is 10.3. The summed E-state index contributed by atoms with van der Waals surface area (Å²) in [5.41, 5.74) is 1.03. The van der Waals surface area contributed by atoms with Gasteiger partial charge in [0.25, 0.3) is 5.91 Å². The summed E-state index contributed by atoms with van der Waals surface area (Å²) in [6.07, 6.45) is 2.63. The zero-order valence-corrected chi connectivity index (χ0v) is 19.4. The fourth-order valence-electron chi connectivity index (χ4n) is 3.09. The van der Waals surface area contributed by atoms with E-state index >= 15 is 0 Å². The number of aromatic nitrogens is 3. The molecule has 9 heteroatoms. The Kier molecular flexibility index (Phi) is 6.52. The molecule has 0 bridgehead atoms. The fraction of sp³-hybridized carbons (Fsp3) is 0.381. The van der Waals surface area contributed by atoms with Crippen molar-refractivity contribution in [3.63, 3.8) is 0 Å². The molecule has 0 unspecified atom stereocenters. The average Bonchev–Trinajstić information content (AvgIpc) is 3.10. The molecule has 0 saturated heterocycles. The lowest BCUT2D eigenvalue weighted by Crippen LogP contribution is -2.30. The molecule has 0 N–H and O–H groups in total. The van der Waals surface area contributed by atoms with E-state index < -0.39 is 9.84 Å². The van der Waals surface area contributed by atoms with Crippen LogP contribution >= 0.6 is 11.8 Å². The quantitative estimate of drug-likeness (QED) is 0.515. The van der Waals surface area contributed by atoms with Gasteiger partial charge in [-0.05, 0) is 43.7 Å². The van der Waals surface area contributed by atoms with Gasteiger partial charge in [-0.2, -0.15) is 5.10 Å². The number of thioether (sulfide) groups is 1. The molecule has 0 fully saturated rings. The second-order valence-electron chi connectivity index (χ2n) is 7.58. The van der Waals surface area contributed by atoms with Crippen LogP contribution in [0.3, 0.4) is 0 Å². The minimum absolute atomic E-state index is 0.0313. The number of fused-ring (bicyclic) bond motifs is 1. The lowest BCUT2D eigenvalue weighted by Gasteiger charge is -2.19. The average molecular weight is 447 g/mol. The molecule has 1 aromatic carbocycles. The molecule has 0 aliphatic heterocycles. The molecule has 0 saturated carbocycles. The number of sulfone groups is 1. The van der Waals surface area contributed by atoms with E-state index in [1.807, 2.05) is 0 Å². The Bertz CT molecular complexity index is 1170. The van der Waals surface area contributed by atoms with Gasteiger partial charge >= 0.3 is 0 Å². The predicted octanol–water partition coefficient (Wildman–Crippen LogP) is 3.71. The van der Waals surface area contributed by atoms with Crippen molar-refractivity contribution in [3.8, 4) is 0 Å². The van der Waals surface area contributed by atoms with E-state index in [0.29, 0.717) is 28.9 Å². The summed E-state index contributed by atoms with van der Waals surface area (Å²) >= 11 is 1.22. The summed E-state index contributed by atoms with van der Waals surface area (Å²) in [5, 5.41) is 4.77. The standard InChI is InChI=1S/C21H26N4O3S2/c1-14(2)11-12-24(4)21(26)17-13-15(3)22-19-18(20(29-5)23-25(17)19)30(27,28)16-9-7-6-8-10-16/h6-10,13-14H,11-12H2,1-5H3. The highest BCUT2D eigenvalue weighted by Gasteiger charge is 2.30. The first-order valence-corrected chi connectivity index (χ1v) is 12.4. The van der Waals surface area contributed by atoms with Crippen LogP contribution < -0.4 is 0 Å². The molecule has 2 heterocycles.